The van der Waals surface area contributed by atoms with Gasteiger partial charge < -0.3 is 10.3 Å². The van der Waals surface area contributed by atoms with E-state index < -0.39 is 0 Å². The lowest BCUT2D eigenvalue weighted by atomic mass is 10.1. The molecule has 20 heavy (non-hydrogen) atoms. The summed E-state index contributed by atoms with van der Waals surface area (Å²) in [6.45, 7) is 1.87. The van der Waals surface area contributed by atoms with Crippen LogP contribution in [0, 0.1) is 6.92 Å². The van der Waals surface area contributed by atoms with Crippen LogP contribution in [0.25, 0.3) is 11.0 Å². The fourth-order valence-corrected chi connectivity index (χ4v) is 2.50. The van der Waals surface area contributed by atoms with E-state index >= 15 is 0 Å². The molecule has 0 fully saturated rings. The molecule has 0 radical (unpaired) electrons. The number of aryl methyl sites for hydroxylation is 1. The second-order valence-electron chi connectivity index (χ2n) is 4.49. The van der Waals surface area contributed by atoms with E-state index in [1.165, 1.54) is 0 Å². The van der Waals surface area contributed by atoms with Crippen molar-refractivity contribution >= 4 is 38.6 Å². The Bertz CT molecular complexity index is 795. The summed E-state index contributed by atoms with van der Waals surface area (Å²) < 4.78 is 0.920. The molecule has 0 aliphatic carbocycles. The molecule has 4 nitrogen and oxygen atoms in total. The minimum absolute atomic E-state index is 0.166. The van der Waals surface area contributed by atoms with Crippen LogP contribution in [0.1, 0.15) is 16.2 Å². The molecular weight excluding hydrogens is 318 g/mol. The van der Waals surface area contributed by atoms with E-state index in [2.05, 4.69) is 31.2 Å². The highest BCUT2D eigenvalue weighted by Crippen LogP contribution is 2.20. The lowest BCUT2D eigenvalue weighted by Crippen LogP contribution is -2.12. The van der Waals surface area contributed by atoms with Gasteiger partial charge in [0.05, 0.1) is 11.1 Å². The third kappa shape index (κ3) is 2.44. The Hall–Kier alpha value is -2.14. The maximum absolute atomic E-state index is 12.4. The van der Waals surface area contributed by atoms with Crippen LogP contribution in [-0.4, -0.2) is 15.9 Å². The first-order valence-corrected chi connectivity index (χ1v) is 6.95. The molecule has 0 aliphatic rings. The predicted molar refractivity (Wildman–Crippen MR) is 82.9 cm³/mol. The quantitative estimate of drug-likeness (QED) is 0.749. The second-order valence-corrected chi connectivity index (χ2v) is 5.40. The summed E-state index contributed by atoms with van der Waals surface area (Å²) in [6.07, 6.45) is 0. The van der Waals surface area contributed by atoms with Gasteiger partial charge in [0.15, 0.2) is 0 Å². The van der Waals surface area contributed by atoms with Gasteiger partial charge in [-0.15, -0.1) is 0 Å². The van der Waals surface area contributed by atoms with Crippen molar-refractivity contribution in [1.29, 1.82) is 0 Å². The van der Waals surface area contributed by atoms with Crippen LogP contribution < -0.4 is 5.32 Å². The molecule has 0 bridgehead atoms. The Kier molecular flexibility index (Phi) is 3.28. The average molecular weight is 330 g/mol. The first kappa shape index (κ1) is 12.9. The van der Waals surface area contributed by atoms with Crippen molar-refractivity contribution in [3.63, 3.8) is 0 Å². The molecule has 0 spiro atoms. The standard InChI is InChI=1S/C15H12BrN3O/c1-9-17-13-7-3-6-12(14(13)18-9)15(20)19-11-5-2-4-10(16)8-11/h2-8H,1H3,(H,17,18)(H,19,20). The van der Waals surface area contributed by atoms with Crippen LogP contribution in [0.3, 0.4) is 0 Å². The number of nitrogens with zero attached hydrogens (tertiary/aromatic N) is 1. The molecule has 3 rings (SSSR count). The number of fused-ring (bicyclic) bond motifs is 1. The van der Waals surface area contributed by atoms with Gasteiger partial charge in [0.1, 0.15) is 11.3 Å². The maximum atomic E-state index is 12.4. The molecule has 1 amide bonds. The van der Waals surface area contributed by atoms with Gasteiger partial charge in [0, 0.05) is 10.2 Å². The number of aromatic nitrogens is 2. The number of halogens is 1. The number of benzene rings is 2. The predicted octanol–water partition coefficient (Wildman–Crippen LogP) is 3.89. The van der Waals surface area contributed by atoms with E-state index in [1.54, 1.807) is 6.07 Å². The number of anilines is 1. The average Bonchev–Trinajstić information content (AvgIpc) is 2.78. The zero-order chi connectivity index (χ0) is 14.1. The van der Waals surface area contributed by atoms with Gasteiger partial charge in [-0.3, -0.25) is 4.79 Å². The van der Waals surface area contributed by atoms with E-state index in [9.17, 15) is 4.79 Å². The highest BCUT2D eigenvalue weighted by molar-refractivity contribution is 9.10. The van der Waals surface area contributed by atoms with Crippen molar-refractivity contribution in [3.8, 4) is 0 Å². The summed E-state index contributed by atoms with van der Waals surface area (Å²) in [6, 6.07) is 13.0. The highest BCUT2D eigenvalue weighted by atomic mass is 79.9. The third-order valence-corrected chi connectivity index (χ3v) is 3.45. The summed E-state index contributed by atoms with van der Waals surface area (Å²) in [5.41, 5.74) is 2.86. The number of nitrogens with one attached hydrogen (secondary N) is 2. The number of H-pyrrole nitrogens is 1. The Labute approximate surface area is 124 Å². The molecule has 0 saturated heterocycles. The molecule has 0 atom stereocenters. The molecule has 100 valence electrons. The minimum Gasteiger partial charge on any atom is -0.342 e. The molecule has 0 unspecified atom stereocenters. The number of carbonyl (C=O) groups is 1. The second kappa shape index (κ2) is 5.09. The minimum atomic E-state index is -0.166. The summed E-state index contributed by atoms with van der Waals surface area (Å²) in [7, 11) is 0. The van der Waals surface area contributed by atoms with E-state index in [0.29, 0.717) is 11.1 Å². The lowest BCUT2D eigenvalue weighted by molar-refractivity contribution is 0.102. The summed E-state index contributed by atoms with van der Waals surface area (Å²) in [5, 5.41) is 2.88. The van der Waals surface area contributed by atoms with Gasteiger partial charge in [0.2, 0.25) is 0 Å². The van der Waals surface area contributed by atoms with E-state index in [1.807, 2.05) is 43.3 Å². The third-order valence-electron chi connectivity index (χ3n) is 2.96. The Morgan fingerprint density at radius 1 is 1.25 bits per heavy atom. The van der Waals surface area contributed by atoms with E-state index in [0.717, 1.165) is 21.5 Å². The number of rotatable bonds is 2. The van der Waals surface area contributed by atoms with Crippen molar-refractivity contribution in [2.45, 2.75) is 6.92 Å². The van der Waals surface area contributed by atoms with E-state index in [-0.39, 0.29) is 5.91 Å². The Balaban J connectivity index is 1.96. The van der Waals surface area contributed by atoms with Crippen molar-refractivity contribution in [2.75, 3.05) is 5.32 Å². The molecular formula is C15H12BrN3O. The number of hydrogen-bond acceptors (Lipinski definition) is 2. The molecule has 2 N–H and O–H groups in total. The molecule has 1 heterocycles. The molecule has 0 saturated carbocycles. The van der Waals surface area contributed by atoms with Crippen LogP contribution in [-0.2, 0) is 0 Å². The smallest absolute Gasteiger partial charge is 0.257 e. The number of aromatic amines is 1. The van der Waals surface area contributed by atoms with Gasteiger partial charge in [-0.25, -0.2) is 4.98 Å². The monoisotopic (exact) mass is 329 g/mol. The first-order valence-electron chi connectivity index (χ1n) is 6.16. The van der Waals surface area contributed by atoms with Gasteiger partial charge in [-0.1, -0.05) is 28.1 Å². The molecule has 1 aromatic heterocycles. The molecule has 0 aliphatic heterocycles. The van der Waals surface area contributed by atoms with Crippen LogP contribution >= 0.6 is 15.9 Å². The number of carbonyl (C=O) groups excluding carboxylic acids is 1. The summed E-state index contributed by atoms with van der Waals surface area (Å²) in [4.78, 5) is 19.9. The fraction of sp³-hybridized carbons (Fsp3) is 0.0667. The van der Waals surface area contributed by atoms with Crippen LogP contribution in [0.5, 0.6) is 0 Å². The Morgan fingerprint density at radius 2 is 2.05 bits per heavy atom. The van der Waals surface area contributed by atoms with Gasteiger partial charge in [-0.2, -0.15) is 0 Å². The Morgan fingerprint density at radius 3 is 2.85 bits per heavy atom. The van der Waals surface area contributed by atoms with Gasteiger partial charge in [0.25, 0.3) is 5.91 Å². The number of para-hydroxylation sites is 1. The zero-order valence-electron chi connectivity index (χ0n) is 10.8. The van der Waals surface area contributed by atoms with Crippen LogP contribution in [0.2, 0.25) is 0 Å². The molecule has 2 aromatic carbocycles. The topological polar surface area (TPSA) is 57.8 Å². The van der Waals surface area contributed by atoms with Crippen molar-refractivity contribution in [1.82, 2.24) is 9.97 Å². The fourth-order valence-electron chi connectivity index (χ4n) is 2.10. The SMILES string of the molecule is Cc1nc2c(C(=O)Nc3cccc(Br)c3)cccc2[nH]1. The van der Waals surface area contributed by atoms with Gasteiger partial charge in [-0.05, 0) is 37.3 Å². The van der Waals surface area contributed by atoms with Crippen molar-refractivity contribution in [2.24, 2.45) is 0 Å². The maximum Gasteiger partial charge on any atom is 0.257 e. The highest BCUT2D eigenvalue weighted by Gasteiger charge is 2.12. The zero-order valence-corrected chi connectivity index (χ0v) is 12.4. The van der Waals surface area contributed by atoms with Gasteiger partial charge >= 0.3 is 0 Å². The molecule has 5 heteroatoms. The number of imidazole rings is 1. The lowest BCUT2D eigenvalue weighted by Gasteiger charge is -2.06. The van der Waals surface area contributed by atoms with Crippen LogP contribution in [0.15, 0.2) is 46.9 Å². The van der Waals surface area contributed by atoms with E-state index in [4.69, 9.17) is 0 Å². The molecule has 3 aromatic rings. The number of hydrogen-bond donors (Lipinski definition) is 2. The number of amides is 1. The normalized spacial score (nSPS) is 10.7. The van der Waals surface area contributed by atoms with Crippen LogP contribution in [0.4, 0.5) is 5.69 Å². The first-order chi connectivity index (χ1) is 9.63. The van der Waals surface area contributed by atoms with Crippen molar-refractivity contribution in [3.05, 3.63) is 58.3 Å². The summed E-state index contributed by atoms with van der Waals surface area (Å²) in [5.74, 6) is 0.628. The van der Waals surface area contributed by atoms with Crippen molar-refractivity contribution < 1.29 is 4.79 Å². The largest absolute Gasteiger partial charge is 0.342 e. The summed E-state index contributed by atoms with van der Waals surface area (Å²) >= 11 is 3.38.